The van der Waals surface area contributed by atoms with Gasteiger partial charge in [0, 0.05) is 42.7 Å². The van der Waals surface area contributed by atoms with Crippen molar-refractivity contribution in [2.45, 2.75) is 6.18 Å². The molecule has 0 aliphatic carbocycles. The van der Waals surface area contributed by atoms with Crippen molar-refractivity contribution in [1.29, 1.82) is 5.26 Å². The van der Waals surface area contributed by atoms with Crippen molar-refractivity contribution in [3.8, 4) is 17.4 Å². The number of para-hydroxylation sites is 2. The van der Waals surface area contributed by atoms with Crippen LogP contribution in [-0.2, 0) is 6.18 Å². The number of fused-ring (bicyclic) bond motifs is 9. The molecule has 6 aromatic carbocycles. The van der Waals surface area contributed by atoms with E-state index in [1.807, 2.05) is 66.7 Å². The monoisotopic (exact) mass is 607 g/mol. The van der Waals surface area contributed by atoms with E-state index in [-0.39, 0.29) is 0 Å². The summed E-state index contributed by atoms with van der Waals surface area (Å²) in [6.07, 6.45) is -4.42. The second-order valence-electron chi connectivity index (χ2n) is 11.2. The number of hydrogen-bond donors (Lipinski definition) is 0. The van der Waals surface area contributed by atoms with Gasteiger partial charge in [-0.05, 0) is 72.8 Å². The standard InChI is InChI=1S/C38H20F3N3S/c39-38(40,41)23-13-16-34-29(19-23)26-7-2-4-10-32(26)44(34)35-11-5-8-27-30-20-24(14-17-36(30)45-37(27)35)43-31-9-3-1-6-25(31)28-18-22(21-42)12-15-33(28)43/h1-20H. The minimum Gasteiger partial charge on any atom is -0.309 e. The Morgan fingerprint density at radius 2 is 1.20 bits per heavy atom. The van der Waals surface area contributed by atoms with Gasteiger partial charge in [-0.1, -0.05) is 48.5 Å². The van der Waals surface area contributed by atoms with Crippen LogP contribution in [0.15, 0.2) is 121 Å². The van der Waals surface area contributed by atoms with Gasteiger partial charge in [-0.2, -0.15) is 18.4 Å². The van der Waals surface area contributed by atoms with E-state index >= 15 is 0 Å². The summed E-state index contributed by atoms with van der Waals surface area (Å²) >= 11 is 1.68. The first-order valence-corrected chi connectivity index (χ1v) is 15.2. The van der Waals surface area contributed by atoms with Crippen LogP contribution >= 0.6 is 11.3 Å². The Morgan fingerprint density at radius 3 is 1.96 bits per heavy atom. The molecule has 0 saturated heterocycles. The summed E-state index contributed by atoms with van der Waals surface area (Å²) in [7, 11) is 0. The Kier molecular flexibility index (Phi) is 5.30. The number of benzene rings is 6. The Hall–Kier alpha value is -5.58. The average molecular weight is 608 g/mol. The SMILES string of the molecule is N#Cc1ccc2c(c1)c1ccccc1n2-c1ccc2sc3c(-n4c5ccccc5c5cc(C(F)(F)F)ccc54)cccc3c2c1. The highest BCUT2D eigenvalue weighted by Crippen LogP contribution is 2.43. The lowest BCUT2D eigenvalue weighted by Gasteiger charge is -2.10. The first kappa shape index (κ1) is 25.9. The summed E-state index contributed by atoms with van der Waals surface area (Å²) in [4.78, 5) is 0. The molecule has 9 aromatic rings. The zero-order chi connectivity index (χ0) is 30.4. The maximum atomic E-state index is 13.7. The molecule has 9 rings (SSSR count). The molecule has 0 N–H and O–H groups in total. The second-order valence-corrected chi connectivity index (χ2v) is 12.3. The fraction of sp³-hybridized carbons (Fsp3) is 0.0263. The molecule has 3 aromatic heterocycles. The first-order valence-electron chi connectivity index (χ1n) is 14.4. The molecule has 0 aliphatic rings. The normalized spacial score (nSPS) is 12.3. The molecule has 3 heterocycles. The topological polar surface area (TPSA) is 33.6 Å². The van der Waals surface area contributed by atoms with Crippen LogP contribution in [-0.4, -0.2) is 9.13 Å². The molecule has 0 spiro atoms. The zero-order valence-corrected chi connectivity index (χ0v) is 24.2. The van der Waals surface area contributed by atoms with Gasteiger partial charge < -0.3 is 9.13 Å². The predicted molar refractivity (Wildman–Crippen MR) is 178 cm³/mol. The lowest BCUT2D eigenvalue weighted by Crippen LogP contribution is -2.04. The van der Waals surface area contributed by atoms with Crippen molar-refractivity contribution < 1.29 is 13.2 Å². The third-order valence-electron chi connectivity index (χ3n) is 8.76. The van der Waals surface area contributed by atoms with Gasteiger partial charge in [-0.25, -0.2) is 0 Å². The van der Waals surface area contributed by atoms with Gasteiger partial charge in [0.15, 0.2) is 0 Å². The number of alkyl halides is 3. The molecule has 0 radical (unpaired) electrons. The molecule has 0 bridgehead atoms. The van der Waals surface area contributed by atoms with Crippen molar-refractivity contribution in [3.63, 3.8) is 0 Å². The van der Waals surface area contributed by atoms with Crippen LogP contribution in [0.4, 0.5) is 13.2 Å². The molecule has 0 unspecified atom stereocenters. The van der Waals surface area contributed by atoms with E-state index in [4.69, 9.17) is 0 Å². The minimum absolute atomic E-state index is 0.576. The number of hydrogen-bond acceptors (Lipinski definition) is 2. The largest absolute Gasteiger partial charge is 0.416 e. The lowest BCUT2D eigenvalue weighted by molar-refractivity contribution is -0.137. The maximum Gasteiger partial charge on any atom is 0.416 e. The van der Waals surface area contributed by atoms with Crippen LogP contribution in [0.5, 0.6) is 0 Å². The third-order valence-corrected chi connectivity index (χ3v) is 9.97. The van der Waals surface area contributed by atoms with E-state index in [0.717, 1.165) is 69.8 Å². The van der Waals surface area contributed by atoms with Crippen LogP contribution in [0.3, 0.4) is 0 Å². The van der Waals surface area contributed by atoms with E-state index < -0.39 is 11.7 Å². The van der Waals surface area contributed by atoms with Crippen LogP contribution in [0.25, 0.3) is 75.2 Å². The molecule has 214 valence electrons. The summed E-state index contributed by atoms with van der Waals surface area (Å²) in [5.74, 6) is 0. The van der Waals surface area contributed by atoms with E-state index in [1.54, 1.807) is 17.4 Å². The molecule has 0 saturated carbocycles. The molecule has 0 atom stereocenters. The fourth-order valence-corrected chi connectivity index (χ4v) is 8.00. The van der Waals surface area contributed by atoms with Gasteiger partial charge in [0.05, 0.1) is 49.7 Å². The van der Waals surface area contributed by atoms with Gasteiger partial charge in [0.2, 0.25) is 0 Å². The lowest BCUT2D eigenvalue weighted by atomic mass is 10.1. The van der Waals surface area contributed by atoms with Gasteiger partial charge in [0.25, 0.3) is 0 Å². The Bertz CT molecular complexity index is 2720. The van der Waals surface area contributed by atoms with Crippen LogP contribution < -0.4 is 0 Å². The summed E-state index contributed by atoms with van der Waals surface area (Å²) in [6, 6.07) is 40.6. The van der Waals surface area contributed by atoms with Gasteiger partial charge in [-0.15, -0.1) is 11.3 Å². The quantitative estimate of drug-likeness (QED) is 0.192. The highest BCUT2D eigenvalue weighted by atomic mass is 32.1. The summed E-state index contributed by atoms with van der Waals surface area (Å²) in [5.41, 5.74) is 5.60. The Morgan fingerprint density at radius 1 is 0.556 bits per heavy atom. The second kappa shape index (κ2) is 9.21. The Balaban J connectivity index is 1.30. The molecular formula is C38H20F3N3S. The number of halogens is 3. The number of nitriles is 1. The molecule has 3 nitrogen and oxygen atoms in total. The van der Waals surface area contributed by atoms with Crippen molar-refractivity contribution in [2.24, 2.45) is 0 Å². The highest BCUT2D eigenvalue weighted by Gasteiger charge is 2.31. The average Bonchev–Trinajstić information content (AvgIpc) is 3.71. The maximum absolute atomic E-state index is 13.7. The minimum atomic E-state index is -4.42. The predicted octanol–water partition coefficient (Wildman–Crippen LogP) is 11.1. The smallest absolute Gasteiger partial charge is 0.309 e. The summed E-state index contributed by atoms with van der Waals surface area (Å²) < 4.78 is 47.6. The number of nitrogens with zero attached hydrogens (tertiary/aromatic N) is 3. The van der Waals surface area contributed by atoms with Gasteiger partial charge >= 0.3 is 6.18 Å². The first-order chi connectivity index (χ1) is 21.9. The summed E-state index contributed by atoms with van der Waals surface area (Å²) in [5, 5.41) is 15.2. The number of rotatable bonds is 2. The molecule has 0 amide bonds. The molecule has 0 aliphatic heterocycles. The fourth-order valence-electron chi connectivity index (χ4n) is 6.82. The van der Waals surface area contributed by atoms with Gasteiger partial charge in [0.1, 0.15) is 0 Å². The van der Waals surface area contributed by atoms with Crippen LogP contribution in [0.2, 0.25) is 0 Å². The van der Waals surface area contributed by atoms with E-state index in [0.29, 0.717) is 10.9 Å². The van der Waals surface area contributed by atoms with E-state index in [1.165, 1.54) is 12.1 Å². The Labute approximate surface area is 258 Å². The zero-order valence-electron chi connectivity index (χ0n) is 23.4. The van der Waals surface area contributed by atoms with Crippen molar-refractivity contribution in [2.75, 3.05) is 0 Å². The van der Waals surface area contributed by atoms with E-state index in [9.17, 15) is 18.4 Å². The molecule has 7 heteroatoms. The highest BCUT2D eigenvalue weighted by molar-refractivity contribution is 7.26. The van der Waals surface area contributed by atoms with E-state index in [2.05, 4.69) is 51.6 Å². The van der Waals surface area contributed by atoms with Crippen LogP contribution in [0.1, 0.15) is 11.1 Å². The van der Waals surface area contributed by atoms with Crippen molar-refractivity contribution >= 4 is 75.1 Å². The molecular weight excluding hydrogens is 588 g/mol. The molecule has 45 heavy (non-hydrogen) atoms. The molecule has 0 fully saturated rings. The van der Waals surface area contributed by atoms with Crippen LogP contribution in [0, 0.1) is 11.3 Å². The van der Waals surface area contributed by atoms with Gasteiger partial charge in [-0.3, -0.25) is 0 Å². The third kappa shape index (κ3) is 3.70. The van der Waals surface area contributed by atoms with Crippen molar-refractivity contribution in [1.82, 2.24) is 9.13 Å². The summed E-state index contributed by atoms with van der Waals surface area (Å²) in [6.45, 7) is 0. The number of aromatic nitrogens is 2. The van der Waals surface area contributed by atoms with Crippen molar-refractivity contribution in [3.05, 3.63) is 132 Å². The number of thiophene rings is 1.